The Hall–Kier alpha value is -7.89. The van der Waals surface area contributed by atoms with E-state index in [1.165, 1.54) is 55.3 Å². The number of pyridine rings is 2. The summed E-state index contributed by atoms with van der Waals surface area (Å²) in [6.45, 7) is 0.923. The van der Waals surface area contributed by atoms with Gasteiger partial charge < -0.3 is 9.13 Å². The molecule has 12 rings (SSSR count). The van der Waals surface area contributed by atoms with Crippen molar-refractivity contribution in [3.8, 4) is 73.1 Å². The molecule has 5 heteroatoms. The zero-order valence-electron chi connectivity index (χ0n) is 34.0. The number of aromatic nitrogens is 5. The van der Waals surface area contributed by atoms with Crippen molar-refractivity contribution >= 4 is 24.3 Å². The van der Waals surface area contributed by atoms with E-state index >= 15 is 0 Å². The van der Waals surface area contributed by atoms with Crippen LogP contribution in [-0.4, -0.2) is 24.1 Å². The molecular formula is C57H41N5. The van der Waals surface area contributed by atoms with Crippen molar-refractivity contribution in [3.63, 3.8) is 0 Å². The summed E-state index contributed by atoms with van der Waals surface area (Å²) in [5, 5.41) is 2.48. The largest absolute Gasteiger partial charge is 0.324 e. The summed E-state index contributed by atoms with van der Waals surface area (Å²) in [7, 11) is 0. The first-order valence-corrected chi connectivity index (χ1v) is 21.5. The fourth-order valence-corrected chi connectivity index (χ4v) is 9.78. The van der Waals surface area contributed by atoms with Crippen molar-refractivity contribution in [3.05, 3.63) is 216 Å². The molecule has 0 radical (unpaired) electrons. The first kappa shape index (κ1) is 36.0. The van der Waals surface area contributed by atoms with Crippen LogP contribution in [-0.2, 0) is 6.54 Å². The summed E-state index contributed by atoms with van der Waals surface area (Å²) in [4.78, 5) is 14.5. The third-order valence-electron chi connectivity index (χ3n) is 12.7. The maximum atomic E-state index is 5.23. The molecule has 2 unspecified atom stereocenters. The van der Waals surface area contributed by atoms with Gasteiger partial charge in [-0.3, -0.25) is 4.98 Å². The van der Waals surface area contributed by atoms with Gasteiger partial charge in [0, 0.05) is 69.5 Å². The lowest BCUT2D eigenvalue weighted by atomic mass is 9.76. The molecule has 294 valence electrons. The van der Waals surface area contributed by atoms with E-state index in [1.54, 1.807) is 0 Å². The first-order chi connectivity index (χ1) is 30.7. The van der Waals surface area contributed by atoms with Crippen molar-refractivity contribution in [2.24, 2.45) is 5.92 Å². The summed E-state index contributed by atoms with van der Waals surface area (Å²) >= 11 is 0. The van der Waals surface area contributed by atoms with E-state index in [9.17, 15) is 0 Å². The Morgan fingerprint density at radius 3 is 1.95 bits per heavy atom. The SMILES string of the molecule is C1=Cc2nc(-c3ccc(-n4c(-c5ccccc5)c(-c5ccccc5)c5c4=CC4C=Cc6cc(-c7cccc(-c8ccncc8)n7)ccc6C4C=5)cc3)c(-c3ccccc3)n2CC1. The molecule has 4 aromatic heterocycles. The summed E-state index contributed by atoms with van der Waals surface area (Å²) in [6, 6.07) is 58.7. The van der Waals surface area contributed by atoms with Gasteiger partial charge in [-0.15, -0.1) is 0 Å². The minimum atomic E-state index is 0.175. The molecule has 0 saturated carbocycles. The van der Waals surface area contributed by atoms with Crippen molar-refractivity contribution in [1.82, 2.24) is 24.1 Å². The van der Waals surface area contributed by atoms with E-state index in [0.717, 1.165) is 58.2 Å². The lowest BCUT2D eigenvalue weighted by Gasteiger charge is -2.28. The predicted molar refractivity (Wildman–Crippen MR) is 253 cm³/mol. The number of fused-ring (bicyclic) bond motifs is 5. The molecule has 9 aromatic rings. The number of imidazole rings is 1. The van der Waals surface area contributed by atoms with Crippen LogP contribution in [0.15, 0.2) is 188 Å². The van der Waals surface area contributed by atoms with Gasteiger partial charge in [-0.2, -0.15) is 0 Å². The standard InChI is InChI=1S/C57H41N5/c1-4-13-39(14-5-1)54-49-37-48-44(23-22-43-35-45(26-29-47(43)48)51-20-12-19-50(59-51)38-30-32-58-33-31-38)36-52(49)62(56(54)41-15-6-2-7-16-41)46-27-24-40(25-28-46)55-57(42-17-8-3-9-18-42)61-34-11-10-21-53(61)60-55/h1-10,12-33,35-37,44,48H,11,34H2. The highest BCUT2D eigenvalue weighted by molar-refractivity contribution is 5.87. The molecule has 5 aromatic carbocycles. The molecule has 0 amide bonds. The maximum absolute atomic E-state index is 5.23. The van der Waals surface area contributed by atoms with Crippen LogP contribution in [0.5, 0.6) is 0 Å². The van der Waals surface area contributed by atoms with Gasteiger partial charge >= 0.3 is 0 Å². The Bertz CT molecular complexity index is 3320. The molecule has 0 fully saturated rings. The highest BCUT2D eigenvalue weighted by Gasteiger charge is 2.30. The van der Waals surface area contributed by atoms with Crippen LogP contribution in [0.3, 0.4) is 0 Å². The lowest BCUT2D eigenvalue weighted by Crippen LogP contribution is -2.35. The molecule has 1 aliphatic heterocycles. The Morgan fingerprint density at radius 2 is 1.21 bits per heavy atom. The number of rotatable bonds is 7. The molecule has 5 nitrogen and oxygen atoms in total. The average Bonchev–Trinajstić information content (AvgIpc) is 3.91. The van der Waals surface area contributed by atoms with Gasteiger partial charge in [0.1, 0.15) is 5.82 Å². The molecule has 0 bridgehead atoms. The third-order valence-corrected chi connectivity index (χ3v) is 12.7. The van der Waals surface area contributed by atoms with Crippen LogP contribution >= 0.6 is 0 Å². The van der Waals surface area contributed by atoms with E-state index < -0.39 is 0 Å². The van der Waals surface area contributed by atoms with Gasteiger partial charge in [0.15, 0.2) is 0 Å². The van der Waals surface area contributed by atoms with E-state index in [4.69, 9.17) is 9.97 Å². The molecule has 62 heavy (non-hydrogen) atoms. The summed E-state index contributed by atoms with van der Waals surface area (Å²) in [5.74, 6) is 1.37. The first-order valence-electron chi connectivity index (χ1n) is 21.5. The van der Waals surface area contributed by atoms with E-state index in [0.29, 0.717) is 0 Å². The number of hydrogen-bond donors (Lipinski definition) is 0. The van der Waals surface area contributed by atoms with Crippen LogP contribution in [0, 0.1) is 5.92 Å². The lowest BCUT2D eigenvalue weighted by molar-refractivity contribution is 0.696. The van der Waals surface area contributed by atoms with E-state index in [-0.39, 0.29) is 11.8 Å². The van der Waals surface area contributed by atoms with Crippen molar-refractivity contribution in [2.75, 3.05) is 0 Å². The van der Waals surface area contributed by atoms with E-state index in [2.05, 4.69) is 202 Å². The average molecular weight is 796 g/mol. The van der Waals surface area contributed by atoms with Crippen molar-refractivity contribution < 1.29 is 0 Å². The Morgan fingerprint density at radius 1 is 0.532 bits per heavy atom. The molecule has 5 heterocycles. The molecular weight excluding hydrogens is 755 g/mol. The van der Waals surface area contributed by atoms with Gasteiger partial charge in [0.25, 0.3) is 0 Å². The van der Waals surface area contributed by atoms with Crippen LogP contribution in [0.1, 0.15) is 29.3 Å². The number of benzene rings is 5. The number of hydrogen-bond acceptors (Lipinski definition) is 3. The van der Waals surface area contributed by atoms with Crippen LogP contribution in [0.2, 0.25) is 0 Å². The highest BCUT2D eigenvalue weighted by Crippen LogP contribution is 2.42. The number of allylic oxidation sites excluding steroid dienone is 2. The van der Waals surface area contributed by atoms with Gasteiger partial charge in [0.05, 0.1) is 33.8 Å². The van der Waals surface area contributed by atoms with Crippen LogP contribution in [0.25, 0.3) is 97.4 Å². The molecule has 0 N–H and O–H groups in total. The Balaban J connectivity index is 1.01. The summed E-state index contributed by atoms with van der Waals surface area (Å²) < 4.78 is 4.87. The fraction of sp³-hybridized carbons (Fsp3) is 0.0702. The molecule has 2 aliphatic carbocycles. The second-order valence-electron chi connectivity index (χ2n) is 16.3. The smallest absolute Gasteiger partial charge is 0.133 e. The zero-order valence-corrected chi connectivity index (χ0v) is 34.0. The fourth-order valence-electron chi connectivity index (χ4n) is 9.78. The normalized spacial score (nSPS) is 15.7. The minimum absolute atomic E-state index is 0.175. The summed E-state index contributed by atoms with van der Waals surface area (Å²) in [6.07, 6.45) is 18.8. The number of nitrogens with zero attached hydrogens (tertiary/aromatic N) is 5. The Kier molecular flexibility index (Phi) is 8.70. The second kappa shape index (κ2) is 15.0. The zero-order chi connectivity index (χ0) is 41.0. The Labute approximate surface area is 360 Å². The van der Waals surface area contributed by atoms with Crippen molar-refractivity contribution in [1.29, 1.82) is 0 Å². The van der Waals surface area contributed by atoms with Crippen LogP contribution < -0.4 is 10.6 Å². The molecule has 2 atom stereocenters. The van der Waals surface area contributed by atoms with E-state index in [1.807, 2.05) is 24.5 Å². The minimum Gasteiger partial charge on any atom is -0.324 e. The highest BCUT2D eigenvalue weighted by atomic mass is 15.1. The van der Waals surface area contributed by atoms with Crippen molar-refractivity contribution in [2.45, 2.75) is 18.9 Å². The maximum Gasteiger partial charge on any atom is 0.133 e. The summed E-state index contributed by atoms with van der Waals surface area (Å²) in [5.41, 5.74) is 17.0. The third kappa shape index (κ3) is 6.12. The van der Waals surface area contributed by atoms with Gasteiger partial charge in [0.2, 0.25) is 0 Å². The molecule has 0 saturated heterocycles. The molecule has 3 aliphatic rings. The quantitative estimate of drug-likeness (QED) is 0.161. The van der Waals surface area contributed by atoms with Gasteiger partial charge in [-0.1, -0.05) is 152 Å². The topological polar surface area (TPSA) is 48.5 Å². The van der Waals surface area contributed by atoms with Crippen LogP contribution in [0.4, 0.5) is 0 Å². The van der Waals surface area contributed by atoms with Gasteiger partial charge in [-0.05, 0) is 77.2 Å². The van der Waals surface area contributed by atoms with Gasteiger partial charge in [-0.25, -0.2) is 9.97 Å². The molecule has 0 spiro atoms. The predicted octanol–water partition coefficient (Wildman–Crippen LogP) is 11.9. The second-order valence-corrected chi connectivity index (χ2v) is 16.3. The monoisotopic (exact) mass is 795 g/mol.